The number of rotatable bonds is 4. The van der Waals surface area contributed by atoms with E-state index in [2.05, 4.69) is 13.2 Å². The molecule has 0 unspecified atom stereocenters. The Labute approximate surface area is 68.9 Å². The molecule has 0 aliphatic heterocycles. The summed E-state index contributed by atoms with van der Waals surface area (Å²) >= 11 is 0. The molecule has 0 aromatic heterocycles. The maximum Gasteiger partial charge on any atom is -0.0329 e. The highest BCUT2D eigenvalue weighted by molar-refractivity contribution is 5.30. The van der Waals surface area contributed by atoms with Crippen LogP contribution in [0.1, 0.15) is 6.92 Å². The van der Waals surface area contributed by atoms with E-state index in [1.165, 1.54) is 0 Å². The second-order valence-electron chi connectivity index (χ2n) is 2.05. The topological polar surface area (TPSA) is 0 Å². The van der Waals surface area contributed by atoms with Gasteiger partial charge in [0.1, 0.15) is 0 Å². The van der Waals surface area contributed by atoms with Crippen molar-refractivity contribution in [1.29, 1.82) is 0 Å². The van der Waals surface area contributed by atoms with Gasteiger partial charge in [0.15, 0.2) is 0 Å². The van der Waals surface area contributed by atoms with Crippen molar-refractivity contribution >= 4 is 0 Å². The van der Waals surface area contributed by atoms with Crippen molar-refractivity contribution in [3.8, 4) is 0 Å². The van der Waals surface area contributed by atoms with Gasteiger partial charge in [-0.15, -0.1) is 0 Å². The molecule has 0 heterocycles. The van der Waals surface area contributed by atoms with Gasteiger partial charge in [-0.05, 0) is 12.5 Å². The smallest absolute Gasteiger partial charge is 0.0329 e. The van der Waals surface area contributed by atoms with E-state index in [0.717, 1.165) is 5.57 Å². The van der Waals surface area contributed by atoms with Crippen LogP contribution in [-0.4, -0.2) is 0 Å². The van der Waals surface area contributed by atoms with Gasteiger partial charge >= 0.3 is 0 Å². The quantitative estimate of drug-likeness (QED) is 0.533. The lowest BCUT2D eigenvalue weighted by Crippen LogP contribution is -1.63. The molecule has 0 bridgehead atoms. The third-order valence-corrected chi connectivity index (χ3v) is 1.06. The first-order chi connectivity index (χ1) is 5.31. The second kappa shape index (κ2) is 6.81. The fourth-order valence-electron chi connectivity index (χ4n) is 0.537. The molecule has 0 saturated carbocycles. The maximum absolute atomic E-state index is 3.81. The predicted molar refractivity (Wildman–Crippen MR) is 52.4 cm³/mol. The van der Waals surface area contributed by atoms with E-state index in [9.17, 15) is 0 Å². The highest BCUT2D eigenvalue weighted by atomic mass is 13.8. The summed E-state index contributed by atoms with van der Waals surface area (Å²) in [6, 6.07) is 0. The Balaban J connectivity index is 3.86. The standard InChI is InChI=1S/C11H14/c1-4-6-8-10-11(3)9-7-5-2/h4-10H,2-3H2,1H3. The van der Waals surface area contributed by atoms with Crippen LogP contribution in [0.4, 0.5) is 0 Å². The summed E-state index contributed by atoms with van der Waals surface area (Å²) in [5.74, 6) is 0. The third-order valence-electron chi connectivity index (χ3n) is 1.06. The molecule has 0 spiro atoms. The molecule has 0 atom stereocenters. The highest BCUT2D eigenvalue weighted by Crippen LogP contribution is 1.95. The summed E-state index contributed by atoms with van der Waals surface area (Å²) in [4.78, 5) is 0. The van der Waals surface area contributed by atoms with Gasteiger partial charge in [-0.25, -0.2) is 0 Å². The first kappa shape index (κ1) is 9.70. The molecule has 0 heteroatoms. The molecule has 0 aromatic carbocycles. The van der Waals surface area contributed by atoms with Crippen molar-refractivity contribution < 1.29 is 0 Å². The Morgan fingerprint density at radius 2 is 1.73 bits per heavy atom. The Hall–Kier alpha value is -1.30. The molecule has 0 N–H and O–H groups in total. The van der Waals surface area contributed by atoms with Crippen molar-refractivity contribution in [3.63, 3.8) is 0 Å². The molecule has 0 fully saturated rings. The van der Waals surface area contributed by atoms with Gasteiger partial charge in [-0.1, -0.05) is 55.7 Å². The predicted octanol–water partition coefficient (Wildman–Crippen LogP) is 3.42. The summed E-state index contributed by atoms with van der Waals surface area (Å²) in [5, 5.41) is 0. The molecule has 0 aliphatic rings. The van der Waals surface area contributed by atoms with Crippen LogP contribution in [0.25, 0.3) is 0 Å². The Morgan fingerprint density at radius 3 is 2.27 bits per heavy atom. The Morgan fingerprint density at radius 1 is 1.09 bits per heavy atom. The zero-order valence-electron chi connectivity index (χ0n) is 6.96. The monoisotopic (exact) mass is 146 g/mol. The van der Waals surface area contributed by atoms with Crippen LogP contribution >= 0.6 is 0 Å². The van der Waals surface area contributed by atoms with Crippen molar-refractivity contribution in [2.75, 3.05) is 0 Å². The average Bonchev–Trinajstić information content (AvgIpc) is 2.01. The van der Waals surface area contributed by atoms with E-state index in [1.807, 2.05) is 43.4 Å². The van der Waals surface area contributed by atoms with Crippen LogP contribution in [0.2, 0.25) is 0 Å². The van der Waals surface area contributed by atoms with Crippen LogP contribution in [0.15, 0.2) is 61.3 Å². The van der Waals surface area contributed by atoms with E-state index < -0.39 is 0 Å². The molecule has 0 saturated heterocycles. The number of allylic oxidation sites excluding steroid dienone is 8. The molecule has 58 valence electrons. The molecule has 0 aliphatic carbocycles. The van der Waals surface area contributed by atoms with Gasteiger partial charge in [-0.3, -0.25) is 0 Å². The lowest BCUT2D eigenvalue weighted by molar-refractivity contribution is 1.69. The van der Waals surface area contributed by atoms with Crippen LogP contribution in [0.5, 0.6) is 0 Å². The van der Waals surface area contributed by atoms with Crippen LogP contribution in [-0.2, 0) is 0 Å². The molecular formula is C11H14. The summed E-state index contributed by atoms with van der Waals surface area (Å²) in [5.41, 5.74) is 0.975. The van der Waals surface area contributed by atoms with Crippen molar-refractivity contribution in [2.24, 2.45) is 0 Å². The summed E-state index contributed by atoms with van der Waals surface area (Å²) < 4.78 is 0. The lowest BCUT2D eigenvalue weighted by atomic mass is 10.2. The fraction of sp³-hybridized carbons (Fsp3) is 0.0909. The molecule has 11 heavy (non-hydrogen) atoms. The molecule has 0 radical (unpaired) electrons. The first-order valence-electron chi connectivity index (χ1n) is 3.58. The Bertz CT molecular complexity index is 202. The largest absolute Gasteiger partial charge is 0.0991 e. The van der Waals surface area contributed by atoms with Gasteiger partial charge in [0.25, 0.3) is 0 Å². The van der Waals surface area contributed by atoms with E-state index in [4.69, 9.17) is 0 Å². The normalized spacial score (nSPS) is 11.7. The fourth-order valence-corrected chi connectivity index (χ4v) is 0.537. The Kier molecular flexibility index (Phi) is 6.01. The molecule has 0 amide bonds. The van der Waals surface area contributed by atoms with E-state index in [-0.39, 0.29) is 0 Å². The minimum atomic E-state index is 0.975. The number of hydrogen-bond acceptors (Lipinski definition) is 0. The van der Waals surface area contributed by atoms with Gasteiger partial charge in [-0.2, -0.15) is 0 Å². The summed E-state index contributed by atoms with van der Waals surface area (Å²) in [6.07, 6.45) is 13.3. The number of hydrogen-bond donors (Lipinski definition) is 0. The van der Waals surface area contributed by atoms with Crippen LogP contribution < -0.4 is 0 Å². The van der Waals surface area contributed by atoms with Gasteiger partial charge in [0, 0.05) is 0 Å². The van der Waals surface area contributed by atoms with Crippen LogP contribution in [0.3, 0.4) is 0 Å². The molecular weight excluding hydrogens is 132 g/mol. The minimum Gasteiger partial charge on any atom is -0.0991 e. The maximum atomic E-state index is 3.81. The third kappa shape index (κ3) is 6.59. The van der Waals surface area contributed by atoms with Crippen molar-refractivity contribution in [1.82, 2.24) is 0 Å². The molecule has 0 aromatic rings. The van der Waals surface area contributed by atoms with Crippen molar-refractivity contribution in [2.45, 2.75) is 6.92 Å². The van der Waals surface area contributed by atoms with E-state index >= 15 is 0 Å². The first-order valence-corrected chi connectivity index (χ1v) is 3.58. The van der Waals surface area contributed by atoms with E-state index in [0.29, 0.717) is 0 Å². The van der Waals surface area contributed by atoms with Gasteiger partial charge in [0.2, 0.25) is 0 Å². The summed E-state index contributed by atoms with van der Waals surface area (Å²) in [7, 11) is 0. The zero-order valence-corrected chi connectivity index (χ0v) is 6.96. The second-order valence-corrected chi connectivity index (χ2v) is 2.05. The van der Waals surface area contributed by atoms with Crippen LogP contribution in [0, 0.1) is 0 Å². The summed E-state index contributed by atoms with van der Waals surface area (Å²) in [6.45, 7) is 9.35. The van der Waals surface area contributed by atoms with Crippen molar-refractivity contribution in [3.05, 3.63) is 61.3 Å². The van der Waals surface area contributed by atoms with Gasteiger partial charge < -0.3 is 0 Å². The molecule has 0 nitrogen and oxygen atoms in total. The SMILES string of the molecule is C=CC=CC(=C)C=CC=CC. The zero-order chi connectivity index (χ0) is 8.53. The molecule has 0 rings (SSSR count). The minimum absolute atomic E-state index is 0.975. The van der Waals surface area contributed by atoms with Gasteiger partial charge in [0.05, 0.1) is 0 Å². The van der Waals surface area contributed by atoms with E-state index in [1.54, 1.807) is 6.08 Å². The average molecular weight is 146 g/mol. The highest BCUT2D eigenvalue weighted by Gasteiger charge is 1.74. The lowest BCUT2D eigenvalue weighted by Gasteiger charge is -1.84.